The Morgan fingerprint density at radius 3 is 2.65 bits per heavy atom. The number of carboxylic acid groups (broad SMARTS) is 1. The van der Waals surface area contributed by atoms with Crippen molar-refractivity contribution in [3.63, 3.8) is 0 Å². The highest BCUT2D eigenvalue weighted by Crippen LogP contribution is 2.23. The molecule has 102 valence electrons. The monoisotopic (exact) mass is 334 g/mol. The summed E-state index contributed by atoms with van der Waals surface area (Å²) in [5.74, 6) is -1.23. The van der Waals surface area contributed by atoms with Crippen molar-refractivity contribution in [2.45, 2.75) is 6.42 Å². The average Bonchev–Trinajstić information content (AvgIpc) is 2.42. The van der Waals surface area contributed by atoms with Gasteiger partial charge in [0.05, 0.1) is 17.7 Å². The minimum atomic E-state index is -1.02. The highest BCUT2D eigenvalue weighted by molar-refractivity contribution is 9.10. The van der Waals surface area contributed by atoms with Gasteiger partial charge in [-0.15, -0.1) is 0 Å². The van der Waals surface area contributed by atoms with E-state index in [1.165, 1.54) is 12.1 Å². The fraction of sp³-hybridized carbons (Fsp3) is 0.0714. The van der Waals surface area contributed by atoms with Crippen molar-refractivity contribution < 1.29 is 14.7 Å². The molecule has 1 amide bonds. The molecule has 0 atom stereocenters. The van der Waals surface area contributed by atoms with Crippen molar-refractivity contribution in [2.75, 3.05) is 5.32 Å². The van der Waals surface area contributed by atoms with E-state index in [-0.39, 0.29) is 17.9 Å². The van der Waals surface area contributed by atoms with Crippen molar-refractivity contribution in [1.82, 2.24) is 4.98 Å². The number of hydrogen-bond donors (Lipinski definition) is 2. The van der Waals surface area contributed by atoms with Crippen molar-refractivity contribution in [2.24, 2.45) is 0 Å². The second-order valence-corrected chi connectivity index (χ2v) is 4.90. The average molecular weight is 335 g/mol. The molecular formula is C14H11BrN2O3. The van der Waals surface area contributed by atoms with Gasteiger partial charge < -0.3 is 10.4 Å². The highest BCUT2D eigenvalue weighted by Gasteiger charge is 2.10. The molecule has 1 aromatic heterocycles. The summed E-state index contributed by atoms with van der Waals surface area (Å²) in [5, 5.41) is 11.6. The predicted molar refractivity (Wildman–Crippen MR) is 77.7 cm³/mol. The standard InChI is InChI=1S/C14H11BrN2O3/c15-11-7-9(14(19)20)4-5-12(11)17-13(18)8-10-3-1-2-6-16-10/h1-7H,8H2,(H,17,18)(H,19,20). The molecule has 2 N–H and O–H groups in total. The minimum absolute atomic E-state index is 0.152. The number of carbonyl (C=O) groups is 2. The fourth-order valence-corrected chi connectivity index (χ4v) is 2.09. The lowest BCUT2D eigenvalue weighted by Gasteiger charge is -2.08. The summed E-state index contributed by atoms with van der Waals surface area (Å²) in [6.07, 6.45) is 1.79. The van der Waals surface area contributed by atoms with E-state index in [1.807, 2.05) is 6.07 Å². The summed E-state index contributed by atoms with van der Waals surface area (Å²) < 4.78 is 0.520. The number of hydrogen-bond acceptors (Lipinski definition) is 3. The van der Waals surface area contributed by atoms with E-state index in [0.29, 0.717) is 15.9 Å². The number of halogens is 1. The van der Waals surface area contributed by atoms with Gasteiger partial charge in [0, 0.05) is 16.4 Å². The number of nitrogens with one attached hydrogen (secondary N) is 1. The normalized spacial score (nSPS) is 10.1. The molecule has 0 saturated carbocycles. The fourth-order valence-electron chi connectivity index (χ4n) is 1.61. The smallest absolute Gasteiger partial charge is 0.335 e. The number of carboxylic acids is 1. The first kappa shape index (κ1) is 14.2. The van der Waals surface area contributed by atoms with Crippen LogP contribution in [0.2, 0.25) is 0 Å². The van der Waals surface area contributed by atoms with Crippen LogP contribution >= 0.6 is 15.9 Å². The van der Waals surface area contributed by atoms with E-state index in [0.717, 1.165) is 0 Å². The maximum Gasteiger partial charge on any atom is 0.335 e. The minimum Gasteiger partial charge on any atom is -0.478 e. The number of aromatic nitrogens is 1. The van der Waals surface area contributed by atoms with Gasteiger partial charge in [-0.2, -0.15) is 0 Å². The van der Waals surface area contributed by atoms with Crippen LogP contribution in [0.5, 0.6) is 0 Å². The molecule has 5 nitrogen and oxygen atoms in total. The van der Waals surface area contributed by atoms with E-state index in [1.54, 1.807) is 24.4 Å². The van der Waals surface area contributed by atoms with E-state index >= 15 is 0 Å². The molecule has 0 aliphatic rings. The first-order valence-corrected chi connectivity index (χ1v) is 6.58. The Balaban J connectivity index is 2.06. The Bertz CT molecular complexity index is 644. The van der Waals surface area contributed by atoms with Crippen LogP contribution in [0, 0.1) is 0 Å². The molecule has 0 spiro atoms. The molecule has 0 aliphatic heterocycles. The third-order valence-electron chi connectivity index (χ3n) is 2.56. The third kappa shape index (κ3) is 3.64. The van der Waals surface area contributed by atoms with Crippen LogP contribution in [-0.2, 0) is 11.2 Å². The lowest BCUT2D eigenvalue weighted by atomic mass is 10.2. The van der Waals surface area contributed by atoms with Crippen LogP contribution in [-0.4, -0.2) is 22.0 Å². The van der Waals surface area contributed by atoms with Crippen molar-refractivity contribution in [3.8, 4) is 0 Å². The van der Waals surface area contributed by atoms with E-state index < -0.39 is 5.97 Å². The number of rotatable bonds is 4. The van der Waals surface area contributed by atoms with Crippen LogP contribution < -0.4 is 5.32 Å². The zero-order valence-electron chi connectivity index (χ0n) is 10.3. The van der Waals surface area contributed by atoms with Crippen LogP contribution in [0.15, 0.2) is 47.1 Å². The van der Waals surface area contributed by atoms with Gasteiger partial charge in [0.1, 0.15) is 0 Å². The van der Waals surface area contributed by atoms with Crippen molar-refractivity contribution in [1.29, 1.82) is 0 Å². The van der Waals surface area contributed by atoms with Crippen molar-refractivity contribution >= 4 is 33.5 Å². The summed E-state index contributed by atoms with van der Waals surface area (Å²) in [7, 11) is 0. The maximum absolute atomic E-state index is 11.9. The van der Waals surface area contributed by atoms with E-state index in [4.69, 9.17) is 5.11 Å². The van der Waals surface area contributed by atoms with Crippen molar-refractivity contribution in [3.05, 3.63) is 58.3 Å². The summed E-state index contributed by atoms with van der Waals surface area (Å²) in [6, 6.07) is 9.78. The van der Waals surface area contributed by atoms with Gasteiger partial charge in [-0.05, 0) is 46.3 Å². The van der Waals surface area contributed by atoms with Gasteiger partial charge in [0.2, 0.25) is 5.91 Å². The van der Waals surface area contributed by atoms with E-state index in [2.05, 4.69) is 26.2 Å². The first-order valence-electron chi connectivity index (χ1n) is 5.79. The third-order valence-corrected chi connectivity index (χ3v) is 3.21. The zero-order valence-corrected chi connectivity index (χ0v) is 11.9. The quantitative estimate of drug-likeness (QED) is 0.900. The number of carbonyl (C=O) groups excluding carboxylic acids is 1. The first-order chi connectivity index (χ1) is 9.56. The summed E-state index contributed by atoms with van der Waals surface area (Å²) in [6.45, 7) is 0. The molecule has 1 aromatic carbocycles. The van der Waals surface area contributed by atoms with Gasteiger partial charge >= 0.3 is 5.97 Å². The topological polar surface area (TPSA) is 79.3 Å². The van der Waals surface area contributed by atoms with E-state index in [9.17, 15) is 9.59 Å². The summed E-state index contributed by atoms with van der Waals surface area (Å²) in [5.41, 5.74) is 1.35. The van der Waals surface area contributed by atoms with Gasteiger partial charge in [-0.1, -0.05) is 6.07 Å². The Hall–Kier alpha value is -2.21. The molecule has 6 heteroatoms. The number of aromatic carboxylic acids is 1. The molecule has 0 radical (unpaired) electrons. The SMILES string of the molecule is O=C(Cc1ccccn1)Nc1ccc(C(=O)O)cc1Br. The lowest BCUT2D eigenvalue weighted by molar-refractivity contribution is -0.115. The number of pyridine rings is 1. The zero-order chi connectivity index (χ0) is 14.5. The molecule has 0 fully saturated rings. The Morgan fingerprint density at radius 1 is 1.25 bits per heavy atom. The number of nitrogens with zero attached hydrogens (tertiary/aromatic N) is 1. The molecule has 0 bridgehead atoms. The molecule has 1 heterocycles. The summed E-state index contributed by atoms with van der Waals surface area (Å²) in [4.78, 5) is 26.7. The maximum atomic E-state index is 11.9. The second-order valence-electron chi connectivity index (χ2n) is 4.05. The largest absolute Gasteiger partial charge is 0.478 e. The number of benzene rings is 1. The Labute approximate surface area is 123 Å². The molecule has 20 heavy (non-hydrogen) atoms. The summed E-state index contributed by atoms with van der Waals surface area (Å²) >= 11 is 3.24. The molecule has 2 rings (SSSR count). The van der Waals surface area contributed by atoms with Crippen LogP contribution in [0.3, 0.4) is 0 Å². The molecule has 0 saturated heterocycles. The van der Waals surface area contributed by atoms with Gasteiger partial charge in [-0.3, -0.25) is 9.78 Å². The molecule has 0 aliphatic carbocycles. The second kappa shape index (κ2) is 6.29. The number of amides is 1. The highest BCUT2D eigenvalue weighted by atomic mass is 79.9. The lowest BCUT2D eigenvalue weighted by Crippen LogP contribution is -2.15. The van der Waals surface area contributed by atoms with Gasteiger partial charge in [0.25, 0.3) is 0 Å². The van der Waals surface area contributed by atoms with Gasteiger partial charge in [-0.25, -0.2) is 4.79 Å². The van der Waals surface area contributed by atoms with Gasteiger partial charge in [0.15, 0.2) is 0 Å². The Morgan fingerprint density at radius 2 is 2.05 bits per heavy atom. The predicted octanol–water partition coefficient (Wildman–Crippen LogP) is 2.72. The van der Waals surface area contributed by atoms with Crippen LogP contribution in [0.4, 0.5) is 5.69 Å². The molecule has 2 aromatic rings. The number of anilines is 1. The Kier molecular flexibility index (Phi) is 4.47. The molecule has 0 unspecified atom stereocenters. The van der Waals surface area contributed by atoms with Crippen LogP contribution in [0.1, 0.15) is 16.1 Å². The molecular weight excluding hydrogens is 324 g/mol. The van der Waals surface area contributed by atoms with Crippen LogP contribution in [0.25, 0.3) is 0 Å².